The summed E-state index contributed by atoms with van der Waals surface area (Å²) < 4.78 is 16.7. The molecule has 10 nitrogen and oxygen atoms in total. The number of carboxylic acid groups (broad SMARTS) is 1. The SMILES string of the molecule is C=C1C[C@@]23CC[C@H]4[C@@](C)(CCC[C@@]4(C)C(=O)O[C@@H]4O[C@H](C(=O)O)[C@@H](O)C(O)[C@H]4O)[C@@H]2CC[C@]1(OC(C)=O)C3. The number of aliphatic carboxylic acids is 1. The van der Waals surface area contributed by atoms with Gasteiger partial charge < -0.3 is 34.6 Å². The van der Waals surface area contributed by atoms with E-state index in [0.717, 1.165) is 56.9 Å². The zero-order valence-corrected chi connectivity index (χ0v) is 22.4. The molecular formula is C28H40O10. The van der Waals surface area contributed by atoms with Crippen LogP contribution < -0.4 is 0 Å². The van der Waals surface area contributed by atoms with Crippen molar-refractivity contribution >= 4 is 17.9 Å². The Morgan fingerprint density at radius 3 is 2.32 bits per heavy atom. The summed E-state index contributed by atoms with van der Waals surface area (Å²) >= 11 is 0. The van der Waals surface area contributed by atoms with E-state index < -0.39 is 53.7 Å². The van der Waals surface area contributed by atoms with E-state index in [1.165, 1.54) is 6.92 Å². The molecule has 0 aromatic rings. The Hall–Kier alpha value is -2.01. The number of aliphatic hydroxyl groups is 3. The Kier molecular flexibility index (Phi) is 6.53. The maximum atomic E-state index is 13.8. The van der Waals surface area contributed by atoms with Gasteiger partial charge in [0.05, 0.1) is 5.41 Å². The van der Waals surface area contributed by atoms with Gasteiger partial charge in [0.15, 0.2) is 6.10 Å². The molecular weight excluding hydrogens is 496 g/mol. The highest BCUT2D eigenvalue weighted by molar-refractivity contribution is 5.78. The van der Waals surface area contributed by atoms with Gasteiger partial charge in [-0.15, -0.1) is 0 Å². The van der Waals surface area contributed by atoms with Crippen molar-refractivity contribution in [3.63, 3.8) is 0 Å². The Morgan fingerprint density at radius 1 is 0.974 bits per heavy atom. The number of hydrogen-bond donors (Lipinski definition) is 4. The van der Waals surface area contributed by atoms with Gasteiger partial charge in [-0.2, -0.15) is 0 Å². The first-order valence-corrected chi connectivity index (χ1v) is 13.7. The van der Waals surface area contributed by atoms with Crippen molar-refractivity contribution in [2.45, 2.75) is 115 Å². The summed E-state index contributed by atoms with van der Waals surface area (Å²) in [5.74, 6) is -2.12. The van der Waals surface area contributed by atoms with Crippen LogP contribution in [0.15, 0.2) is 12.2 Å². The molecule has 10 heteroatoms. The molecule has 11 atom stereocenters. The molecule has 0 amide bonds. The van der Waals surface area contributed by atoms with Crippen LogP contribution in [0.25, 0.3) is 0 Å². The lowest BCUT2D eigenvalue weighted by molar-refractivity contribution is -0.292. The average molecular weight is 537 g/mol. The second-order valence-electron chi connectivity index (χ2n) is 13.0. The van der Waals surface area contributed by atoms with Crippen molar-refractivity contribution in [1.82, 2.24) is 0 Å². The van der Waals surface area contributed by atoms with Gasteiger partial charge in [-0.25, -0.2) is 4.79 Å². The fraction of sp³-hybridized carbons (Fsp3) is 0.821. The molecule has 38 heavy (non-hydrogen) atoms. The van der Waals surface area contributed by atoms with Crippen molar-refractivity contribution in [1.29, 1.82) is 0 Å². The predicted octanol–water partition coefficient (Wildman–Crippen LogP) is 2.08. The molecule has 4 aliphatic carbocycles. The molecule has 0 aromatic carbocycles. The number of esters is 2. The van der Waals surface area contributed by atoms with Crippen LogP contribution in [0.5, 0.6) is 0 Å². The molecule has 5 aliphatic rings. The second kappa shape index (κ2) is 9.01. The smallest absolute Gasteiger partial charge is 0.335 e. The summed E-state index contributed by atoms with van der Waals surface area (Å²) in [4.78, 5) is 37.2. The van der Waals surface area contributed by atoms with E-state index in [2.05, 4.69) is 13.5 Å². The zero-order chi connectivity index (χ0) is 27.8. The minimum Gasteiger partial charge on any atom is -0.479 e. The highest BCUT2D eigenvalue weighted by Gasteiger charge is 2.69. The van der Waals surface area contributed by atoms with Crippen molar-refractivity contribution in [3.8, 4) is 0 Å². The van der Waals surface area contributed by atoms with Gasteiger partial charge in [-0.3, -0.25) is 9.59 Å². The first-order chi connectivity index (χ1) is 17.7. The molecule has 5 fully saturated rings. The number of ether oxygens (including phenoxy) is 3. The van der Waals surface area contributed by atoms with Gasteiger partial charge in [0.1, 0.15) is 23.9 Å². The van der Waals surface area contributed by atoms with Crippen molar-refractivity contribution < 1.29 is 49.0 Å². The van der Waals surface area contributed by atoms with Gasteiger partial charge in [0.25, 0.3) is 0 Å². The number of fused-ring (bicyclic) bond motifs is 3. The monoisotopic (exact) mass is 536 g/mol. The van der Waals surface area contributed by atoms with Gasteiger partial charge in [0, 0.05) is 6.92 Å². The van der Waals surface area contributed by atoms with E-state index in [4.69, 9.17) is 14.2 Å². The van der Waals surface area contributed by atoms with Gasteiger partial charge in [0.2, 0.25) is 6.29 Å². The third kappa shape index (κ3) is 3.85. The van der Waals surface area contributed by atoms with Crippen LogP contribution in [0.4, 0.5) is 0 Å². The third-order valence-electron chi connectivity index (χ3n) is 11.0. The normalized spacial score (nSPS) is 49.9. The van der Waals surface area contributed by atoms with Crippen LogP contribution in [-0.4, -0.2) is 74.6 Å². The Bertz CT molecular complexity index is 1040. The molecule has 2 bridgehead atoms. The Balaban J connectivity index is 1.39. The summed E-state index contributed by atoms with van der Waals surface area (Å²) in [6.07, 6.45) is -1.86. The largest absolute Gasteiger partial charge is 0.479 e. The van der Waals surface area contributed by atoms with Crippen LogP contribution in [0.2, 0.25) is 0 Å². The van der Waals surface area contributed by atoms with E-state index in [0.29, 0.717) is 12.3 Å². The van der Waals surface area contributed by atoms with Crippen LogP contribution >= 0.6 is 0 Å². The summed E-state index contributed by atoms with van der Waals surface area (Å²) in [6, 6.07) is 0. The highest BCUT2D eigenvalue weighted by Crippen LogP contribution is 2.73. The number of aliphatic hydroxyl groups excluding tert-OH is 3. The summed E-state index contributed by atoms with van der Waals surface area (Å²) in [7, 11) is 0. The van der Waals surface area contributed by atoms with Crippen LogP contribution in [-0.2, 0) is 28.6 Å². The van der Waals surface area contributed by atoms with Gasteiger partial charge in [-0.1, -0.05) is 19.9 Å². The molecule has 0 radical (unpaired) electrons. The molecule has 4 saturated carbocycles. The molecule has 1 saturated heterocycles. The molecule has 212 valence electrons. The van der Waals surface area contributed by atoms with E-state index in [1.54, 1.807) is 0 Å². The number of carbonyl (C=O) groups excluding carboxylic acids is 2. The van der Waals surface area contributed by atoms with Crippen LogP contribution in [0.1, 0.15) is 78.6 Å². The lowest BCUT2D eigenvalue weighted by Gasteiger charge is -2.64. The van der Waals surface area contributed by atoms with E-state index in [1.807, 2.05) is 6.92 Å². The minimum absolute atomic E-state index is 0.0199. The van der Waals surface area contributed by atoms with E-state index in [9.17, 15) is 34.8 Å². The molecule has 5 rings (SSSR count). The minimum atomic E-state index is -1.85. The van der Waals surface area contributed by atoms with Gasteiger partial charge >= 0.3 is 17.9 Å². The maximum absolute atomic E-state index is 13.8. The van der Waals surface area contributed by atoms with E-state index in [-0.39, 0.29) is 22.7 Å². The predicted molar refractivity (Wildman–Crippen MR) is 131 cm³/mol. The Morgan fingerprint density at radius 2 is 1.66 bits per heavy atom. The first-order valence-electron chi connectivity index (χ1n) is 13.7. The highest BCUT2D eigenvalue weighted by atomic mass is 16.7. The molecule has 4 N–H and O–H groups in total. The molecule has 1 heterocycles. The van der Waals surface area contributed by atoms with Crippen molar-refractivity contribution in [2.75, 3.05) is 0 Å². The molecule has 1 spiro atoms. The average Bonchev–Trinajstić information content (AvgIpc) is 3.02. The topological polar surface area (TPSA) is 160 Å². The second-order valence-corrected chi connectivity index (χ2v) is 13.0. The number of carbonyl (C=O) groups is 3. The fourth-order valence-electron chi connectivity index (χ4n) is 9.40. The number of carboxylic acids is 1. The lowest BCUT2D eigenvalue weighted by Crippen LogP contribution is -2.62. The maximum Gasteiger partial charge on any atom is 0.335 e. The summed E-state index contributed by atoms with van der Waals surface area (Å²) in [5, 5.41) is 39.9. The van der Waals surface area contributed by atoms with Crippen LogP contribution in [0.3, 0.4) is 0 Å². The fourth-order valence-corrected chi connectivity index (χ4v) is 9.40. The van der Waals surface area contributed by atoms with E-state index >= 15 is 0 Å². The lowest BCUT2D eigenvalue weighted by atomic mass is 9.41. The third-order valence-corrected chi connectivity index (χ3v) is 11.0. The standard InChI is InChI=1S/C28H40O10/c1-14-12-27-10-6-16-25(3,17(27)7-11-28(14,13-27)38-15(2)29)8-5-9-26(16,4)24(35)37-23-20(32)18(30)19(31)21(36-23)22(33)34/h16-21,23,30-32H,1,5-13H2,2-4H3,(H,33,34)/t16-,17-,18?,19-,20+,21-,23-,25+,26+,27+,28-/m0/s1. The number of rotatable bonds is 4. The van der Waals surface area contributed by atoms with Crippen LogP contribution in [0, 0.1) is 28.1 Å². The van der Waals surface area contributed by atoms with Gasteiger partial charge in [-0.05, 0) is 86.5 Å². The molecule has 1 aliphatic heterocycles. The van der Waals surface area contributed by atoms with Crippen molar-refractivity contribution in [2.24, 2.45) is 28.1 Å². The molecule has 1 unspecified atom stereocenters. The first kappa shape index (κ1) is 27.6. The Labute approximate surface area is 222 Å². The van der Waals surface area contributed by atoms with Crippen molar-refractivity contribution in [3.05, 3.63) is 12.2 Å². The zero-order valence-electron chi connectivity index (χ0n) is 22.4. The number of hydrogen-bond acceptors (Lipinski definition) is 9. The molecule has 0 aromatic heterocycles. The summed E-state index contributed by atoms with van der Waals surface area (Å²) in [5.41, 5.74) is -0.716. The quantitative estimate of drug-likeness (QED) is 0.309. The summed E-state index contributed by atoms with van der Waals surface area (Å²) in [6.45, 7) is 9.91.